The molecular formula is C7H11NO5S3. The number of carbonyl (C=O) groups excluding carboxylic acids is 1. The van der Waals surface area contributed by atoms with E-state index in [0.717, 1.165) is 13.4 Å². The molecule has 0 radical (unpaired) electrons. The summed E-state index contributed by atoms with van der Waals surface area (Å²) in [4.78, 5) is 10.7. The van der Waals surface area contributed by atoms with Crippen molar-refractivity contribution in [1.29, 1.82) is 0 Å². The smallest absolute Gasteiger partial charge is 0.350 e. The van der Waals surface area contributed by atoms with Gasteiger partial charge in [-0.1, -0.05) is 12.2 Å². The van der Waals surface area contributed by atoms with Crippen LogP contribution in [0.5, 0.6) is 0 Å². The van der Waals surface area contributed by atoms with E-state index >= 15 is 0 Å². The fourth-order valence-corrected chi connectivity index (χ4v) is 1.66. The third-order valence-corrected chi connectivity index (χ3v) is 2.79. The van der Waals surface area contributed by atoms with Gasteiger partial charge in [-0.2, -0.15) is 0 Å². The average molecular weight is 285 g/mol. The molecule has 0 aromatic rings. The summed E-state index contributed by atoms with van der Waals surface area (Å²) in [5.41, 5.74) is 0. The van der Waals surface area contributed by atoms with Crippen LogP contribution in [0.1, 0.15) is 0 Å². The quantitative estimate of drug-likeness (QED) is 0.240. The van der Waals surface area contributed by atoms with Gasteiger partial charge in [0.25, 0.3) is 0 Å². The van der Waals surface area contributed by atoms with Crippen molar-refractivity contribution in [3.63, 3.8) is 0 Å². The van der Waals surface area contributed by atoms with Crippen LogP contribution in [0.3, 0.4) is 0 Å². The Bertz CT molecular complexity index is 425. The number of nitrogens with one attached hydrogen (secondary N) is 1. The number of thiol groups is 1. The van der Waals surface area contributed by atoms with Gasteiger partial charge in [-0.15, -0.1) is 12.6 Å². The Morgan fingerprint density at radius 1 is 1.31 bits per heavy atom. The molecule has 9 heteroatoms. The number of methoxy groups -OCH3 is 2. The zero-order valence-corrected chi connectivity index (χ0v) is 11.3. The Morgan fingerprint density at radius 3 is 2.12 bits per heavy atom. The summed E-state index contributed by atoms with van der Waals surface area (Å²) in [7, 11) is -1.18. The van der Waals surface area contributed by atoms with Crippen LogP contribution < -0.4 is 4.72 Å². The third-order valence-electron chi connectivity index (χ3n) is 1.28. The van der Waals surface area contributed by atoms with Crippen molar-refractivity contribution in [1.82, 2.24) is 4.72 Å². The zero-order valence-electron chi connectivity index (χ0n) is 8.80. The van der Waals surface area contributed by atoms with Gasteiger partial charge in [0, 0.05) is 0 Å². The van der Waals surface area contributed by atoms with E-state index in [1.165, 1.54) is 7.11 Å². The SMILES string of the molecule is COC(=O)C(=S)C(S)=C(NS(C)(=O)=O)OC. The molecule has 0 fully saturated rings. The second kappa shape index (κ2) is 6.06. The van der Waals surface area contributed by atoms with Crippen LogP contribution in [0, 0.1) is 0 Å². The number of thiocarbonyl (C=S) groups is 1. The molecule has 6 nitrogen and oxygen atoms in total. The molecule has 0 atom stereocenters. The van der Waals surface area contributed by atoms with Crippen LogP contribution in [0.2, 0.25) is 0 Å². The minimum atomic E-state index is -3.54. The van der Waals surface area contributed by atoms with E-state index in [0.29, 0.717) is 0 Å². The van der Waals surface area contributed by atoms with E-state index in [2.05, 4.69) is 17.4 Å². The lowest BCUT2D eigenvalue weighted by Crippen LogP contribution is -2.26. The van der Waals surface area contributed by atoms with Gasteiger partial charge in [0.05, 0.1) is 25.4 Å². The molecule has 92 valence electrons. The monoisotopic (exact) mass is 285 g/mol. The fraction of sp³-hybridized carbons (Fsp3) is 0.429. The molecule has 0 saturated heterocycles. The van der Waals surface area contributed by atoms with Gasteiger partial charge < -0.3 is 9.47 Å². The number of esters is 1. The van der Waals surface area contributed by atoms with Gasteiger partial charge in [-0.3, -0.25) is 4.72 Å². The summed E-state index contributed by atoms with van der Waals surface area (Å²) in [5.74, 6) is -1.04. The van der Waals surface area contributed by atoms with E-state index in [9.17, 15) is 13.2 Å². The van der Waals surface area contributed by atoms with Crippen molar-refractivity contribution in [3.05, 3.63) is 10.8 Å². The highest BCUT2D eigenvalue weighted by molar-refractivity contribution is 7.91. The van der Waals surface area contributed by atoms with Crippen molar-refractivity contribution < 1.29 is 22.7 Å². The van der Waals surface area contributed by atoms with Crippen LogP contribution in [-0.4, -0.2) is 39.7 Å². The van der Waals surface area contributed by atoms with Gasteiger partial charge in [0.2, 0.25) is 15.9 Å². The molecule has 0 aromatic carbocycles. The minimum Gasteiger partial charge on any atom is -0.481 e. The van der Waals surface area contributed by atoms with E-state index in [1.54, 1.807) is 0 Å². The predicted molar refractivity (Wildman–Crippen MR) is 65.6 cm³/mol. The number of ether oxygens (including phenoxy) is 2. The standard InChI is InChI=1S/C7H11NO5S3/c1-12-6(8-16(3,10)11)4(14)5(15)7(9)13-2/h8,14H,1-3H3. The summed E-state index contributed by atoms with van der Waals surface area (Å²) in [6.07, 6.45) is 0.925. The van der Waals surface area contributed by atoms with Crippen LogP contribution in [-0.2, 0) is 24.3 Å². The topological polar surface area (TPSA) is 81.7 Å². The first-order chi connectivity index (χ1) is 7.22. The first kappa shape index (κ1) is 15.2. The van der Waals surface area contributed by atoms with Gasteiger partial charge in [0.1, 0.15) is 4.86 Å². The summed E-state index contributed by atoms with van der Waals surface area (Å²) >= 11 is 8.60. The number of hydrogen-bond acceptors (Lipinski definition) is 7. The molecule has 0 amide bonds. The Balaban J connectivity index is 5.17. The summed E-state index contributed by atoms with van der Waals surface area (Å²) in [5, 5.41) is 0. The molecule has 0 spiro atoms. The largest absolute Gasteiger partial charge is 0.481 e. The van der Waals surface area contributed by atoms with Gasteiger partial charge >= 0.3 is 5.97 Å². The lowest BCUT2D eigenvalue weighted by molar-refractivity contribution is -0.132. The second-order valence-electron chi connectivity index (χ2n) is 2.58. The van der Waals surface area contributed by atoms with E-state index in [4.69, 9.17) is 17.0 Å². The van der Waals surface area contributed by atoms with Crippen molar-refractivity contribution >= 4 is 45.7 Å². The number of carbonyl (C=O) groups is 1. The second-order valence-corrected chi connectivity index (χ2v) is 5.18. The maximum atomic E-state index is 11.1. The molecule has 0 aromatic heterocycles. The third kappa shape index (κ3) is 4.81. The Morgan fingerprint density at radius 2 is 1.81 bits per heavy atom. The molecule has 16 heavy (non-hydrogen) atoms. The Kier molecular flexibility index (Phi) is 5.76. The first-order valence-corrected chi connectivity index (χ1v) is 6.55. The zero-order chi connectivity index (χ0) is 12.9. The number of sulfonamides is 1. The van der Waals surface area contributed by atoms with E-state index < -0.39 is 16.0 Å². The molecule has 0 aliphatic heterocycles. The lowest BCUT2D eigenvalue weighted by atomic mass is 10.4. The molecule has 1 N–H and O–H groups in total. The average Bonchev–Trinajstić information content (AvgIpc) is 2.21. The summed E-state index contributed by atoms with van der Waals surface area (Å²) in [6, 6.07) is 0. The Labute approximate surface area is 104 Å². The van der Waals surface area contributed by atoms with E-state index in [1.807, 2.05) is 4.72 Å². The van der Waals surface area contributed by atoms with Crippen molar-refractivity contribution in [2.75, 3.05) is 20.5 Å². The van der Waals surface area contributed by atoms with Crippen LogP contribution in [0.25, 0.3) is 0 Å². The maximum Gasteiger partial charge on any atom is 0.350 e. The summed E-state index contributed by atoms with van der Waals surface area (Å²) in [6.45, 7) is 0. The highest BCUT2D eigenvalue weighted by atomic mass is 32.2. The van der Waals surface area contributed by atoms with Crippen molar-refractivity contribution in [3.8, 4) is 0 Å². The molecule has 0 saturated carbocycles. The minimum absolute atomic E-state index is 0.116. The molecule has 0 aliphatic rings. The number of hydrogen-bond donors (Lipinski definition) is 2. The van der Waals surface area contributed by atoms with Crippen LogP contribution >= 0.6 is 24.8 Å². The highest BCUT2D eigenvalue weighted by Gasteiger charge is 2.19. The van der Waals surface area contributed by atoms with Crippen molar-refractivity contribution in [2.45, 2.75) is 0 Å². The van der Waals surface area contributed by atoms with Gasteiger partial charge in [-0.05, 0) is 0 Å². The van der Waals surface area contributed by atoms with Gasteiger partial charge in [-0.25, -0.2) is 13.2 Å². The maximum absolute atomic E-state index is 11.1. The molecule has 0 heterocycles. The molecular weight excluding hydrogens is 274 g/mol. The van der Waals surface area contributed by atoms with E-state index in [-0.39, 0.29) is 15.7 Å². The lowest BCUT2D eigenvalue weighted by Gasteiger charge is -2.10. The molecule has 0 unspecified atom stereocenters. The molecule has 0 aliphatic carbocycles. The van der Waals surface area contributed by atoms with Gasteiger partial charge in [0.15, 0.2) is 0 Å². The molecule has 0 rings (SSSR count). The van der Waals surface area contributed by atoms with Crippen LogP contribution in [0.4, 0.5) is 0 Å². The normalized spacial score (nSPS) is 12.5. The molecule has 0 bridgehead atoms. The van der Waals surface area contributed by atoms with Crippen LogP contribution in [0.15, 0.2) is 10.8 Å². The Hall–Kier alpha value is -0.800. The first-order valence-electron chi connectivity index (χ1n) is 3.80. The summed E-state index contributed by atoms with van der Waals surface area (Å²) < 4.78 is 33.0. The fourth-order valence-electron chi connectivity index (χ4n) is 0.648. The highest BCUT2D eigenvalue weighted by Crippen LogP contribution is 2.12. The predicted octanol–water partition coefficient (Wildman–Crippen LogP) is -0.176. The van der Waals surface area contributed by atoms with Crippen molar-refractivity contribution in [2.24, 2.45) is 0 Å². The number of rotatable bonds is 5.